The van der Waals surface area contributed by atoms with E-state index in [1.54, 1.807) is 0 Å². The number of hydrogen-bond donors (Lipinski definition) is 2. The van der Waals surface area contributed by atoms with Gasteiger partial charge in [0.25, 0.3) is 0 Å². The Morgan fingerprint density at radius 2 is 1.87 bits per heavy atom. The number of halogens is 1. The first-order valence-corrected chi connectivity index (χ1v) is 9.96. The van der Waals surface area contributed by atoms with E-state index in [9.17, 15) is 16.8 Å². The van der Waals surface area contributed by atoms with E-state index in [2.05, 4.69) is 15.3 Å². The molecule has 124 valence electrons. The number of aromatic nitrogens is 2. The maximum atomic E-state index is 11.8. The predicted octanol–water partition coefficient (Wildman–Crippen LogP) is 0.793. The zero-order valence-electron chi connectivity index (χ0n) is 11.9. The lowest BCUT2D eigenvalue weighted by molar-refractivity contribution is 0.594. The highest BCUT2D eigenvalue weighted by Crippen LogP contribution is 2.21. The van der Waals surface area contributed by atoms with Crippen LogP contribution < -0.4 is 10.5 Å². The van der Waals surface area contributed by atoms with E-state index in [1.807, 2.05) is 0 Å². The van der Waals surface area contributed by atoms with Crippen LogP contribution in [-0.2, 0) is 26.4 Å². The highest BCUT2D eigenvalue weighted by atomic mass is 35.5. The topological polar surface area (TPSA) is 132 Å². The molecule has 0 bridgehead atoms. The Morgan fingerprint density at radius 3 is 2.43 bits per heavy atom. The third kappa shape index (κ3) is 4.61. The summed E-state index contributed by atoms with van der Waals surface area (Å²) >= 11 is 5.73. The molecule has 0 spiro atoms. The molecule has 0 fully saturated rings. The molecule has 0 unspecified atom stereocenters. The second-order valence-corrected chi connectivity index (χ2v) is 8.60. The van der Waals surface area contributed by atoms with Crippen molar-refractivity contribution in [1.82, 2.24) is 9.97 Å². The van der Waals surface area contributed by atoms with E-state index in [0.717, 1.165) is 12.3 Å². The summed E-state index contributed by atoms with van der Waals surface area (Å²) in [5.74, 6) is 0.366. The van der Waals surface area contributed by atoms with Crippen molar-refractivity contribution < 1.29 is 16.8 Å². The highest BCUT2D eigenvalue weighted by Gasteiger charge is 2.17. The van der Waals surface area contributed by atoms with Gasteiger partial charge in [0, 0.05) is 18.9 Å². The fourth-order valence-corrected chi connectivity index (χ4v) is 3.48. The fourth-order valence-electron chi connectivity index (χ4n) is 1.85. The van der Waals surface area contributed by atoms with Gasteiger partial charge in [-0.15, -0.1) is 0 Å². The van der Waals surface area contributed by atoms with Crippen molar-refractivity contribution in [3.05, 3.63) is 41.3 Å². The number of nitrogens with zero attached hydrogens (tertiary/aromatic N) is 2. The normalized spacial score (nSPS) is 12.1. The Morgan fingerprint density at radius 1 is 1.17 bits per heavy atom. The van der Waals surface area contributed by atoms with Gasteiger partial charge in [-0.3, -0.25) is 0 Å². The Bertz CT molecular complexity index is 945. The molecule has 3 N–H and O–H groups in total. The van der Waals surface area contributed by atoms with Gasteiger partial charge < -0.3 is 5.32 Å². The Hall–Kier alpha value is -1.75. The summed E-state index contributed by atoms with van der Waals surface area (Å²) in [5.41, 5.74) is 0.244. The van der Waals surface area contributed by atoms with Crippen molar-refractivity contribution in [1.29, 1.82) is 0 Å². The minimum Gasteiger partial charge on any atom is -0.366 e. The number of sulfonamides is 1. The van der Waals surface area contributed by atoms with Crippen molar-refractivity contribution in [2.75, 3.05) is 11.6 Å². The number of anilines is 1. The van der Waals surface area contributed by atoms with Gasteiger partial charge in [-0.05, 0) is 23.8 Å². The van der Waals surface area contributed by atoms with Gasteiger partial charge in [-0.25, -0.2) is 31.9 Å². The standard InChI is InChI=1S/C12H13ClN4O4S2/c1-22(18,19)10-3-2-9(23(14,20)21)4-8(10)6-15-12-5-11(13)16-7-17-12/h2-5,7H,6H2,1H3,(H2,14,20,21)(H,15,16,17). The smallest absolute Gasteiger partial charge is 0.238 e. The summed E-state index contributed by atoms with van der Waals surface area (Å²) in [6, 6.07) is 5.02. The zero-order chi connectivity index (χ0) is 17.3. The summed E-state index contributed by atoms with van der Waals surface area (Å²) in [5, 5.41) is 8.15. The number of benzene rings is 1. The molecule has 2 rings (SSSR count). The maximum Gasteiger partial charge on any atom is 0.238 e. The highest BCUT2D eigenvalue weighted by molar-refractivity contribution is 7.90. The van der Waals surface area contributed by atoms with E-state index in [-0.39, 0.29) is 27.1 Å². The van der Waals surface area contributed by atoms with Gasteiger partial charge in [-0.1, -0.05) is 11.6 Å². The molecule has 11 heteroatoms. The zero-order valence-corrected chi connectivity index (χ0v) is 14.3. The molecular formula is C12H13ClN4O4S2. The summed E-state index contributed by atoms with van der Waals surface area (Å²) in [4.78, 5) is 7.46. The molecule has 8 nitrogen and oxygen atoms in total. The molecule has 0 atom stereocenters. The molecule has 0 radical (unpaired) electrons. The molecule has 0 aliphatic carbocycles. The Balaban J connectivity index is 2.41. The third-order valence-corrected chi connectivity index (χ3v) is 5.17. The van der Waals surface area contributed by atoms with Crippen LogP contribution in [0.3, 0.4) is 0 Å². The van der Waals surface area contributed by atoms with Crippen molar-refractivity contribution in [3.63, 3.8) is 0 Å². The van der Waals surface area contributed by atoms with Crippen molar-refractivity contribution in [2.24, 2.45) is 5.14 Å². The monoisotopic (exact) mass is 376 g/mol. The van der Waals surface area contributed by atoms with Crippen LogP contribution in [0, 0.1) is 0 Å². The average Bonchev–Trinajstić information content (AvgIpc) is 2.43. The summed E-state index contributed by atoms with van der Waals surface area (Å²) in [6.45, 7) is 0.0130. The van der Waals surface area contributed by atoms with Crippen molar-refractivity contribution in [2.45, 2.75) is 16.3 Å². The first-order chi connectivity index (χ1) is 10.6. The van der Waals surface area contributed by atoms with Gasteiger partial charge in [-0.2, -0.15) is 0 Å². The summed E-state index contributed by atoms with van der Waals surface area (Å²) < 4.78 is 46.5. The van der Waals surface area contributed by atoms with Crippen LogP contribution in [0.4, 0.5) is 5.82 Å². The predicted molar refractivity (Wildman–Crippen MR) is 85.3 cm³/mol. The number of sulfone groups is 1. The van der Waals surface area contributed by atoms with Crippen molar-refractivity contribution >= 4 is 37.3 Å². The van der Waals surface area contributed by atoms with Crippen LogP contribution in [0.5, 0.6) is 0 Å². The lowest BCUT2D eigenvalue weighted by atomic mass is 10.2. The molecular weight excluding hydrogens is 364 g/mol. The van der Waals surface area contributed by atoms with Gasteiger partial charge in [0.1, 0.15) is 17.3 Å². The molecule has 0 saturated carbocycles. The molecule has 0 saturated heterocycles. The summed E-state index contributed by atoms with van der Waals surface area (Å²) in [6.07, 6.45) is 2.27. The summed E-state index contributed by atoms with van der Waals surface area (Å²) in [7, 11) is -7.49. The van der Waals surface area contributed by atoms with Crippen LogP contribution in [0.2, 0.25) is 5.15 Å². The number of nitrogens with one attached hydrogen (secondary N) is 1. The van der Waals surface area contributed by atoms with Crippen LogP contribution in [0.25, 0.3) is 0 Å². The Labute approximate surface area is 138 Å². The minimum absolute atomic E-state index is 0.00227. The van der Waals surface area contributed by atoms with E-state index in [1.165, 1.54) is 24.5 Å². The SMILES string of the molecule is CS(=O)(=O)c1ccc(S(N)(=O)=O)cc1CNc1cc(Cl)ncn1. The van der Waals surface area contributed by atoms with Crippen LogP contribution in [-0.4, -0.2) is 33.1 Å². The molecule has 0 aliphatic rings. The molecule has 1 aromatic carbocycles. The largest absolute Gasteiger partial charge is 0.366 e. The number of nitrogens with two attached hydrogens (primary N) is 1. The third-order valence-electron chi connectivity index (χ3n) is 2.85. The number of hydrogen-bond acceptors (Lipinski definition) is 7. The Kier molecular flexibility index (Phi) is 4.90. The first-order valence-electron chi connectivity index (χ1n) is 6.14. The molecule has 0 aliphatic heterocycles. The number of rotatable bonds is 5. The molecule has 23 heavy (non-hydrogen) atoms. The van der Waals surface area contributed by atoms with Gasteiger partial charge in [0.2, 0.25) is 10.0 Å². The van der Waals surface area contributed by atoms with Crippen molar-refractivity contribution in [3.8, 4) is 0 Å². The quantitative estimate of drug-likeness (QED) is 0.737. The van der Waals surface area contributed by atoms with E-state index in [0.29, 0.717) is 5.82 Å². The van der Waals surface area contributed by atoms with Crippen LogP contribution in [0.15, 0.2) is 40.4 Å². The average molecular weight is 377 g/mol. The van der Waals surface area contributed by atoms with E-state index >= 15 is 0 Å². The van der Waals surface area contributed by atoms with E-state index < -0.39 is 19.9 Å². The molecule has 1 heterocycles. The molecule has 1 aromatic heterocycles. The second kappa shape index (κ2) is 6.40. The second-order valence-electron chi connectivity index (χ2n) is 4.67. The molecule has 0 amide bonds. The minimum atomic E-state index is -3.95. The maximum absolute atomic E-state index is 11.8. The van der Waals surface area contributed by atoms with Gasteiger partial charge >= 0.3 is 0 Å². The fraction of sp³-hybridized carbons (Fsp3) is 0.167. The van der Waals surface area contributed by atoms with Gasteiger partial charge in [0.05, 0.1) is 9.79 Å². The van der Waals surface area contributed by atoms with Crippen LogP contribution in [0.1, 0.15) is 5.56 Å². The van der Waals surface area contributed by atoms with Gasteiger partial charge in [0.15, 0.2) is 9.84 Å². The first kappa shape index (κ1) is 17.6. The molecule has 2 aromatic rings. The lowest BCUT2D eigenvalue weighted by Crippen LogP contribution is -2.14. The lowest BCUT2D eigenvalue weighted by Gasteiger charge is -2.11. The number of primary sulfonamides is 1. The van der Waals surface area contributed by atoms with Crippen LogP contribution >= 0.6 is 11.6 Å². The van der Waals surface area contributed by atoms with E-state index in [4.69, 9.17) is 16.7 Å².